The van der Waals surface area contributed by atoms with E-state index in [-0.39, 0.29) is 59.3 Å². The summed E-state index contributed by atoms with van der Waals surface area (Å²) in [6, 6.07) is 12.3. The number of ether oxygens (including phenoxy) is 2. The molecule has 10 nitrogen and oxygen atoms in total. The maximum Gasteiger partial charge on any atom is 0.410 e. The van der Waals surface area contributed by atoms with Gasteiger partial charge in [-0.15, -0.1) is 0 Å². The number of hydrogen-bond acceptors (Lipinski definition) is 6. The van der Waals surface area contributed by atoms with Gasteiger partial charge in [0.2, 0.25) is 10.0 Å². The molecule has 5 rings (SSSR count). The Balaban J connectivity index is 1.33. The summed E-state index contributed by atoms with van der Waals surface area (Å²) in [6.07, 6.45) is 0.724. The van der Waals surface area contributed by atoms with Crippen molar-refractivity contribution in [2.24, 2.45) is 13.0 Å². The highest BCUT2D eigenvalue weighted by molar-refractivity contribution is 7.89. The molecule has 0 saturated carbocycles. The molecule has 0 spiro atoms. The lowest BCUT2D eigenvalue weighted by molar-refractivity contribution is 0.101. The smallest absolute Gasteiger partial charge is 0.410 e. The lowest BCUT2D eigenvalue weighted by atomic mass is 10.1. The first kappa shape index (κ1) is 26.0. The molecular formula is C25H24ClFN4O6S. The van der Waals surface area contributed by atoms with Crippen LogP contribution in [0.25, 0.3) is 0 Å². The van der Waals surface area contributed by atoms with Crippen molar-refractivity contribution in [2.75, 3.05) is 25.0 Å². The van der Waals surface area contributed by atoms with E-state index >= 15 is 0 Å². The Kier molecular flexibility index (Phi) is 7.03. The first-order valence-corrected chi connectivity index (χ1v) is 13.5. The summed E-state index contributed by atoms with van der Waals surface area (Å²) in [5, 5.41) is 2.41. The Morgan fingerprint density at radius 1 is 1.21 bits per heavy atom. The molecule has 0 unspecified atom stereocenters. The maximum atomic E-state index is 13.5. The van der Waals surface area contributed by atoms with Gasteiger partial charge in [0, 0.05) is 44.0 Å². The average molecular weight is 563 g/mol. The van der Waals surface area contributed by atoms with E-state index < -0.39 is 33.9 Å². The van der Waals surface area contributed by atoms with Crippen molar-refractivity contribution in [1.82, 2.24) is 14.2 Å². The molecule has 200 valence electrons. The van der Waals surface area contributed by atoms with Crippen LogP contribution in [0.4, 0.5) is 14.9 Å². The van der Waals surface area contributed by atoms with Crippen LogP contribution in [-0.2, 0) is 28.4 Å². The summed E-state index contributed by atoms with van der Waals surface area (Å²) in [7, 11) is -2.59. The van der Waals surface area contributed by atoms with E-state index in [1.807, 2.05) is 30.3 Å². The highest BCUT2D eigenvalue weighted by Gasteiger charge is 2.42. The van der Waals surface area contributed by atoms with Crippen molar-refractivity contribution in [3.63, 3.8) is 0 Å². The van der Waals surface area contributed by atoms with Crippen LogP contribution in [-0.4, -0.2) is 55.6 Å². The van der Waals surface area contributed by atoms with Gasteiger partial charge >= 0.3 is 6.09 Å². The number of rotatable bonds is 4. The lowest BCUT2D eigenvalue weighted by Gasteiger charge is -2.23. The maximum absolute atomic E-state index is 13.5. The number of likely N-dealkylation sites (tertiary alicyclic amines) is 1. The normalized spacial score (nSPS) is 19.9. The topological polar surface area (TPSA) is 119 Å². The van der Waals surface area contributed by atoms with Crippen molar-refractivity contribution in [2.45, 2.75) is 17.5 Å². The quantitative estimate of drug-likeness (QED) is 0.503. The number of amides is 2. The number of anilines is 1. The van der Waals surface area contributed by atoms with Crippen molar-refractivity contribution >= 4 is 39.3 Å². The van der Waals surface area contributed by atoms with E-state index in [0.29, 0.717) is 0 Å². The molecule has 3 aromatic rings. The molecule has 2 aliphatic rings. The van der Waals surface area contributed by atoms with E-state index in [9.17, 15) is 22.4 Å². The minimum atomic E-state index is -4.11. The second kappa shape index (κ2) is 10.3. The monoisotopic (exact) mass is 562 g/mol. The molecule has 2 atom stereocenters. The second-order valence-electron chi connectivity index (χ2n) is 9.11. The molecule has 0 bridgehead atoms. The number of halogens is 2. The van der Waals surface area contributed by atoms with Crippen LogP contribution >= 0.6 is 11.6 Å². The van der Waals surface area contributed by atoms with E-state index in [0.717, 1.165) is 11.6 Å². The van der Waals surface area contributed by atoms with Crippen molar-refractivity contribution in [3.05, 3.63) is 76.8 Å². The van der Waals surface area contributed by atoms with Crippen LogP contribution in [0.15, 0.2) is 59.6 Å². The standard InChI is InChI=1S/C25H24ClFN4O6S/c1-30-12-21-23(22(30)24(32)28-17-7-8-19(27)18(26)9-17)36-14-16-10-31(11-20(16)29-38(21,34)35)25(33)37-13-15-5-3-2-4-6-15/h2-9,12,16,20,29H,10-11,13-14H2,1H3,(H,28,32)/t16-,20-/m0/s1. The Labute approximate surface area is 223 Å². The molecule has 13 heteroatoms. The fourth-order valence-electron chi connectivity index (χ4n) is 4.52. The number of benzene rings is 2. The van der Waals surface area contributed by atoms with Crippen molar-refractivity contribution in [1.29, 1.82) is 0 Å². The molecule has 0 aliphatic carbocycles. The molecule has 2 amide bonds. The first-order chi connectivity index (χ1) is 18.1. The molecule has 1 fully saturated rings. The molecule has 38 heavy (non-hydrogen) atoms. The number of nitrogens with zero attached hydrogens (tertiary/aromatic N) is 2. The van der Waals surface area contributed by atoms with Crippen LogP contribution in [0.3, 0.4) is 0 Å². The number of carbonyl (C=O) groups is 2. The fourth-order valence-corrected chi connectivity index (χ4v) is 6.19. The van der Waals surface area contributed by atoms with Gasteiger partial charge in [-0.3, -0.25) is 4.79 Å². The van der Waals surface area contributed by atoms with Crippen LogP contribution < -0.4 is 14.8 Å². The fraction of sp³-hybridized carbons (Fsp3) is 0.280. The number of sulfonamides is 1. The number of aryl methyl sites for hydroxylation is 1. The van der Waals surface area contributed by atoms with Crippen LogP contribution in [0.2, 0.25) is 5.02 Å². The summed E-state index contributed by atoms with van der Waals surface area (Å²) >= 11 is 5.80. The lowest BCUT2D eigenvalue weighted by Crippen LogP contribution is -2.43. The highest BCUT2D eigenvalue weighted by atomic mass is 35.5. The van der Waals surface area contributed by atoms with Gasteiger partial charge in [0.05, 0.1) is 11.6 Å². The third-order valence-electron chi connectivity index (χ3n) is 6.44. The Morgan fingerprint density at radius 3 is 2.71 bits per heavy atom. The minimum Gasteiger partial charge on any atom is -0.489 e. The zero-order chi connectivity index (χ0) is 27.0. The van der Waals surface area contributed by atoms with Gasteiger partial charge in [0.1, 0.15) is 17.3 Å². The third-order valence-corrected chi connectivity index (χ3v) is 8.21. The van der Waals surface area contributed by atoms with Gasteiger partial charge in [-0.05, 0) is 23.8 Å². The average Bonchev–Trinajstić information content (AvgIpc) is 3.43. The number of fused-ring (bicyclic) bond motifs is 2. The van der Waals surface area contributed by atoms with Crippen molar-refractivity contribution < 1.29 is 31.9 Å². The van der Waals surface area contributed by atoms with Gasteiger partial charge in [-0.2, -0.15) is 0 Å². The van der Waals surface area contributed by atoms with E-state index in [2.05, 4.69) is 10.0 Å². The molecule has 1 saturated heterocycles. The van der Waals surface area contributed by atoms with Crippen LogP contribution in [0.5, 0.6) is 5.75 Å². The van der Waals surface area contributed by atoms with Crippen LogP contribution in [0.1, 0.15) is 16.1 Å². The first-order valence-electron chi connectivity index (χ1n) is 11.7. The second-order valence-corrected chi connectivity index (χ2v) is 11.2. The van der Waals surface area contributed by atoms with Crippen molar-refractivity contribution in [3.8, 4) is 5.75 Å². The third kappa shape index (κ3) is 5.19. The Morgan fingerprint density at radius 2 is 1.97 bits per heavy atom. The Hall–Kier alpha value is -3.61. The largest absolute Gasteiger partial charge is 0.489 e. The predicted octanol–water partition coefficient (Wildman–Crippen LogP) is 3.38. The van der Waals surface area contributed by atoms with Gasteiger partial charge in [-0.25, -0.2) is 22.3 Å². The zero-order valence-corrected chi connectivity index (χ0v) is 21.8. The summed E-state index contributed by atoms with van der Waals surface area (Å²) < 4.78 is 55.4. The van der Waals surface area contributed by atoms with Gasteiger partial charge < -0.3 is 24.3 Å². The highest BCUT2D eigenvalue weighted by Crippen LogP contribution is 2.35. The van der Waals surface area contributed by atoms with Gasteiger partial charge in [0.25, 0.3) is 5.91 Å². The van der Waals surface area contributed by atoms with Crippen LogP contribution in [0, 0.1) is 11.7 Å². The molecule has 1 aromatic heterocycles. The summed E-state index contributed by atoms with van der Waals surface area (Å²) in [5.74, 6) is -1.80. The minimum absolute atomic E-state index is 0.0404. The van der Waals surface area contributed by atoms with E-state index in [4.69, 9.17) is 21.1 Å². The summed E-state index contributed by atoms with van der Waals surface area (Å²) in [6.45, 7) is 0.465. The number of hydrogen-bond donors (Lipinski definition) is 2. The van der Waals surface area contributed by atoms with E-state index in [1.54, 1.807) is 0 Å². The molecule has 2 aliphatic heterocycles. The molecule has 3 heterocycles. The number of carbonyl (C=O) groups excluding carboxylic acids is 2. The van der Waals surface area contributed by atoms with E-state index in [1.165, 1.54) is 34.8 Å². The van der Waals surface area contributed by atoms with Gasteiger partial charge in [-0.1, -0.05) is 41.9 Å². The number of nitrogens with one attached hydrogen (secondary N) is 2. The molecule has 2 aromatic carbocycles. The summed E-state index contributed by atoms with van der Waals surface area (Å²) in [4.78, 5) is 27.0. The molecular weight excluding hydrogens is 539 g/mol. The Bertz CT molecular complexity index is 1500. The molecule has 2 N–H and O–H groups in total. The number of aromatic nitrogens is 1. The predicted molar refractivity (Wildman–Crippen MR) is 136 cm³/mol. The zero-order valence-electron chi connectivity index (χ0n) is 20.2. The SMILES string of the molecule is Cn1cc2c(c1C(=O)Nc1ccc(F)c(Cl)c1)OC[C@@H]1CN(C(=O)OCc3ccccc3)C[C@@H]1NS2(=O)=O. The molecule has 0 radical (unpaired) electrons. The summed E-state index contributed by atoms with van der Waals surface area (Å²) in [5.41, 5.74) is 1.02. The van der Waals surface area contributed by atoms with Gasteiger partial charge in [0.15, 0.2) is 11.4 Å².